The fourth-order valence-corrected chi connectivity index (χ4v) is 1.98. The van der Waals surface area contributed by atoms with Crippen LogP contribution < -0.4 is 5.32 Å². The van der Waals surface area contributed by atoms with Gasteiger partial charge in [-0.2, -0.15) is 0 Å². The van der Waals surface area contributed by atoms with Crippen molar-refractivity contribution in [2.24, 2.45) is 5.92 Å². The predicted octanol–water partition coefficient (Wildman–Crippen LogP) is 3.09. The monoisotopic (exact) mass is 277 g/mol. The van der Waals surface area contributed by atoms with Gasteiger partial charge in [0.2, 0.25) is 0 Å². The van der Waals surface area contributed by atoms with Crippen LogP contribution in [-0.4, -0.2) is 23.0 Å². The number of rotatable bonds is 8. The van der Waals surface area contributed by atoms with Crippen molar-refractivity contribution >= 4 is 11.9 Å². The highest BCUT2D eigenvalue weighted by Gasteiger charge is 2.15. The van der Waals surface area contributed by atoms with Crippen molar-refractivity contribution in [3.05, 3.63) is 35.9 Å². The Labute approximate surface area is 120 Å². The quantitative estimate of drug-likeness (QED) is 0.767. The summed E-state index contributed by atoms with van der Waals surface area (Å²) in [5.74, 6) is -0.422. The highest BCUT2D eigenvalue weighted by molar-refractivity contribution is 5.94. The molecule has 1 atom stereocenters. The van der Waals surface area contributed by atoms with E-state index < -0.39 is 5.97 Å². The molecule has 1 amide bonds. The Morgan fingerprint density at radius 1 is 1.10 bits per heavy atom. The van der Waals surface area contributed by atoms with Crippen molar-refractivity contribution in [3.8, 4) is 0 Å². The number of carbonyl (C=O) groups is 2. The minimum atomic E-state index is -0.825. The molecule has 0 bridgehead atoms. The van der Waals surface area contributed by atoms with Gasteiger partial charge in [-0.15, -0.1) is 0 Å². The Hall–Kier alpha value is -1.84. The largest absolute Gasteiger partial charge is 0.481 e. The molecule has 0 aliphatic rings. The maximum Gasteiger partial charge on any atom is 0.303 e. The Balaban J connectivity index is 2.58. The van der Waals surface area contributed by atoms with Gasteiger partial charge in [-0.3, -0.25) is 9.59 Å². The van der Waals surface area contributed by atoms with Crippen molar-refractivity contribution in [1.82, 2.24) is 5.32 Å². The van der Waals surface area contributed by atoms with Crippen molar-refractivity contribution in [3.63, 3.8) is 0 Å². The molecule has 20 heavy (non-hydrogen) atoms. The molecule has 0 saturated heterocycles. The first kappa shape index (κ1) is 16.2. The van der Waals surface area contributed by atoms with Crippen LogP contribution in [0.5, 0.6) is 0 Å². The summed E-state index contributed by atoms with van der Waals surface area (Å²) in [4.78, 5) is 22.8. The van der Waals surface area contributed by atoms with Crippen LogP contribution in [0.4, 0.5) is 0 Å². The molecule has 0 saturated carbocycles. The Kier molecular flexibility index (Phi) is 6.77. The number of nitrogens with one attached hydrogen (secondary N) is 1. The van der Waals surface area contributed by atoms with Crippen LogP contribution in [-0.2, 0) is 4.79 Å². The lowest BCUT2D eigenvalue weighted by Gasteiger charge is -2.19. The summed E-state index contributed by atoms with van der Waals surface area (Å²) in [7, 11) is 0. The highest BCUT2D eigenvalue weighted by Crippen LogP contribution is 2.12. The SMILES string of the molecule is CC(C)CC[C@@H](CCC(=O)O)NC(=O)c1ccccc1. The van der Waals surface area contributed by atoms with Gasteiger partial charge in [-0.1, -0.05) is 32.0 Å². The molecule has 0 aromatic heterocycles. The predicted molar refractivity (Wildman–Crippen MR) is 78.6 cm³/mol. The van der Waals surface area contributed by atoms with Gasteiger partial charge in [-0.25, -0.2) is 0 Å². The third-order valence-electron chi connectivity index (χ3n) is 3.17. The minimum absolute atomic E-state index is 0.0812. The van der Waals surface area contributed by atoms with Gasteiger partial charge < -0.3 is 10.4 Å². The van der Waals surface area contributed by atoms with Gasteiger partial charge in [0.15, 0.2) is 0 Å². The second kappa shape index (κ2) is 8.35. The van der Waals surface area contributed by atoms with Crippen LogP contribution >= 0.6 is 0 Å². The zero-order valence-electron chi connectivity index (χ0n) is 12.1. The average molecular weight is 277 g/mol. The molecule has 0 unspecified atom stereocenters. The van der Waals surface area contributed by atoms with Gasteiger partial charge in [-0.05, 0) is 37.3 Å². The van der Waals surface area contributed by atoms with Crippen molar-refractivity contribution < 1.29 is 14.7 Å². The third kappa shape index (κ3) is 6.36. The lowest BCUT2D eigenvalue weighted by Crippen LogP contribution is -2.35. The molecule has 0 heterocycles. The molecule has 1 aromatic rings. The molecule has 110 valence electrons. The average Bonchev–Trinajstić information content (AvgIpc) is 2.42. The van der Waals surface area contributed by atoms with Crippen molar-refractivity contribution in [2.45, 2.75) is 45.6 Å². The second-order valence-electron chi connectivity index (χ2n) is 5.44. The van der Waals surface area contributed by atoms with Gasteiger partial charge in [0.05, 0.1) is 0 Å². The number of hydrogen-bond donors (Lipinski definition) is 2. The molecule has 0 radical (unpaired) electrons. The fourth-order valence-electron chi connectivity index (χ4n) is 1.98. The molecule has 4 nitrogen and oxygen atoms in total. The van der Waals surface area contributed by atoms with Crippen molar-refractivity contribution in [2.75, 3.05) is 0 Å². The molecule has 0 aliphatic carbocycles. The first-order chi connectivity index (χ1) is 9.49. The molecular weight excluding hydrogens is 254 g/mol. The third-order valence-corrected chi connectivity index (χ3v) is 3.17. The lowest BCUT2D eigenvalue weighted by molar-refractivity contribution is -0.137. The number of amides is 1. The molecule has 0 aliphatic heterocycles. The highest BCUT2D eigenvalue weighted by atomic mass is 16.4. The van der Waals surface area contributed by atoms with Gasteiger partial charge >= 0.3 is 5.97 Å². The summed E-state index contributed by atoms with van der Waals surface area (Å²) < 4.78 is 0. The summed E-state index contributed by atoms with van der Waals surface area (Å²) in [6.45, 7) is 4.24. The maximum absolute atomic E-state index is 12.1. The molecule has 0 spiro atoms. The summed E-state index contributed by atoms with van der Waals surface area (Å²) in [5.41, 5.74) is 0.609. The number of carbonyl (C=O) groups excluding carboxylic acids is 1. The summed E-state index contributed by atoms with van der Waals surface area (Å²) in [6, 6.07) is 8.92. The molecule has 4 heteroatoms. The zero-order valence-corrected chi connectivity index (χ0v) is 12.1. The Morgan fingerprint density at radius 2 is 1.75 bits per heavy atom. The van der Waals surface area contributed by atoms with E-state index in [1.807, 2.05) is 18.2 Å². The lowest BCUT2D eigenvalue weighted by atomic mass is 9.99. The number of hydrogen-bond acceptors (Lipinski definition) is 2. The summed E-state index contributed by atoms with van der Waals surface area (Å²) >= 11 is 0. The molecule has 1 rings (SSSR count). The second-order valence-corrected chi connectivity index (χ2v) is 5.44. The van der Waals surface area contributed by atoms with Crippen molar-refractivity contribution in [1.29, 1.82) is 0 Å². The van der Waals surface area contributed by atoms with E-state index in [2.05, 4.69) is 19.2 Å². The van der Waals surface area contributed by atoms with E-state index in [0.29, 0.717) is 17.9 Å². The maximum atomic E-state index is 12.1. The number of aliphatic carboxylic acids is 1. The van der Waals surface area contributed by atoms with E-state index in [0.717, 1.165) is 12.8 Å². The Bertz CT molecular complexity index is 429. The minimum Gasteiger partial charge on any atom is -0.481 e. The summed E-state index contributed by atoms with van der Waals surface area (Å²) in [6.07, 6.45) is 2.33. The standard InChI is InChI=1S/C16H23NO3/c1-12(2)8-9-14(10-11-15(18)19)17-16(20)13-6-4-3-5-7-13/h3-7,12,14H,8-11H2,1-2H3,(H,17,20)(H,18,19)/t14-/m0/s1. The van der Waals surface area contributed by atoms with E-state index in [4.69, 9.17) is 5.11 Å². The Morgan fingerprint density at radius 3 is 2.30 bits per heavy atom. The molecule has 0 fully saturated rings. The van der Waals surface area contributed by atoms with E-state index in [1.165, 1.54) is 0 Å². The first-order valence-electron chi connectivity index (χ1n) is 7.06. The van der Waals surface area contributed by atoms with Crippen LogP contribution in [0.1, 0.15) is 49.9 Å². The topological polar surface area (TPSA) is 66.4 Å². The van der Waals surface area contributed by atoms with Gasteiger partial charge in [0, 0.05) is 18.0 Å². The normalized spacial score (nSPS) is 12.2. The first-order valence-corrected chi connectivity index (χ1v) is 7.06. The van der Waals surface area contributed by atoms with Crippen LogP contribution in [0.15, 0.2) is 30.3 Å². The number of benzene rings is 1. The van der Waals surface area contributed by atoms with E-state index in [-0.39, 0.29) is 18.4 Å². The molecule has 2 N–H and O–H groups in total. The zero-order chi connectivity index (χ0) is 15.0. The molecular formula is C16H23NO3. The smallest absolute Gasteiger partial charge is 0.303 e. The van der Waals surface area contributed by atoms with Crippen LogP contribution in [0.3, 0.4) is 0 Å². The van der Waals surface area contributed by atoms with E-state index in [1.54, 1.807) is 12.1 Å². The number of carboxylic acid groups (broad SMARTS) is 1. The van der Waals surface area contributed by atoms with E-state index in [9.17, 15) is 9.59 Å². The van der Waals surface area contributed by atoms with Crippen LogP contribution in [0, 0.1) is 5.92 Å². The van der Waals surface area contributed by atoms with Gasteiger partial charge in [0.1, 0.15) is 0 Å². The van der Waals surface area contributed by atoms with Gasteiger partial charge in [0.25, 0.3) is 5.91 Å². The molecule has 1 aromatic carbocycles. The van der Waals surface area contributed by atoms with Crippen LogP contribution in [0.25, 0.3) is 0 Å². The number of carboxylic acids is 1. The van der Waals surface area contributed by atoms with E-state index >= 15 is 0 Å². The summed E-state index contributed by atoms with van der Waals surface area (Å²) in [5, 5.41) is 11.7. The van der Waals surface area contributed by atoms with Crippen LogP contribution in [0.2, 0.25) is 0 Å². The fraction of sp³-hybridized carbons (Fsp3) is 0.500.